The Morgan fingerprint density at radius 3 is 2.21 bits per heavy atom. The molecule has 0 unspecified atom stereocenters. The van der Waals surface area contributed by atoms with Crippen LogP contribution in [-0.2, 0) is 9.59 Å². The smallest absolute Gasteiger partial charge is 0.230 e. The van der Waals surface area contributed by atoms with Gasteiger partial charge in [-0.3, -0.25) is 4.79 Å². The van der Waals surface area contributed by atoms with Gasteiger partial charge < -0.3 is 25.0 Å². The number of carboxylic acid groups (broad SMARTS) is 1. The van der Waals surface area contributed by atoms with Crippen LogP contribution in [0, 0.1) is 0 Å². The molecule has 6 nitrogen and oxygen atoms in total. The summed E-state index contributed by atoms with van der Waals surface area (Å²) in [6.07, 6.45) is -0.0529. The van der Waals surface area contributed by atoms with Crippen molar-refractivity contribution in [3.63, 3.8) is 0 Å². The van der Waals surface area contributed by atoms with Crippen LogP contribution in [0.2, 0.25) is 0 Å². The summed E-state index contributed by atoms with van der Waals surface area (Å²) in [5.74, 6) is -0.990. The third kappa shape index (κ3) is 5.04. The zero-order chi connectivity index (χ0) is 17.7. The lowest BCUT2D eigenvalue weighted by molar-refractivity contribution is -1.01. The molecule has 1 aromatic carbocycles. The van der Waals surface area contributed by atoms with E-state index in [1.807, 2.05) is 24.3 Å². The molecule has 6 heteroatoms. The van der Waals surface area contributed by atoms with Crippen LogP contribution in [0.15, 0.2) is 24.3 Å². The Labute approximate surface area is 143 Å². The van der Waals surface area contributed by atoms with E-state index in [-0.39, 0.29) is 12.3 Å². The number of hydrogen-bond acceptors (Lipinski definition) is 3. The molecule has 1 atom stereocenters. The molecule has 24 heavy (non-hydrogen) atoms. The van der Waals surface area contributed by atoms with Crippen molar-refractivity contribution in [1.29, 1.82) is 0 Å². The van der Waals surface area contributed by atoms with Gasteiger partial charge in [0.05, 0.1) is 19.4 Å². The van der Waals surface area contributed by atoms with E-state index in [9.17, 15) is 14.7 Å². The minimum absolute atomic E-state index is 0.0529. The zero-order valence-electron chi connectivity index (χ0n) is 14.7. The highest BCUT2D eigenvalue weighted by Gasteiger charge is 2.30. The summed E-state index contributed by atoms with van der Waals surface area (Å²) in [5.41, 5.74) is 1.89. The number of anilines is 1. The van der Waals surface area contributed by atoms with E-state index in [0.29, 0.717) is 11.6 Å². The third-order valence-corrected chi connectivity index (χ3v) is 4.77. The Balaban J connectivity index is 1.94. The van der Waals surface area contributed by atoms with Crippen LogP contribution in [0.5, 0.6) is 0 Å². The Morgan fingerprint density at radius 2 is 1.71 bits per heavy atom. The van der Waals surface area contributed by atoms with Crippen LogP contribution >= 0.6 is 0 Å². The molecule has 1 amide bonds. The molecule has 132 valence electrons. The van der Waals surface area contributed by atoms with Crippen molar-refractivity contribution in [2.75, 3.05) is 38.5 Å². The second-order valence-electron chi connectivity index (χ2n) is 7.02. The lowest BCUT2D eigenvalue weighted by atomic mass is 10.0. The van der Waals surface area contributed by atoms with Crippen molar-refractivity contribution >= 4 is 17.6 Å². The number of rotatable bonds is 6. The number of amides is 1. The highest BCUT2D eigenvalue weighted by atomic mass is 16.4. The third-order valence-electron chi connectivity index (χ3n) is 4.77. The predicted molar refractivity (Wildman–Crippen MR) is 89.9 cm³/mol. The Kier molecular flexibility index (Phi) is 6.34. The number of quaternary nitrogens is 2. The first-order chi connectivity index (χ1) is 11.4. The number of likely N-dealkylation sites (N-methyl/N-ethyl adjacent to an activating group) is 1. The molecule has 1 heterocycles. The minimum atomic E-state index is -1.14. The molecule has 1 aromatic rings. The zero-order valence-corrected chi connectivity index (χ0v) is 14.7. The van der Waals surface area contributed by atoms with E-state index in [4.69, 9.17) is 0 Å². The second-order valence-corrected chi connectivity index (χ2v) is 7.02. The fraction of sp³-hybridized carbons (Fsp3) is 0.556. The predicted octanol–water partition coefficient (Wildman–Crippen LogP) is -2.33. The van der Waals surface area contributed by atoms with Crippen molar-refractivity contribution in [3.05, 3.63) is 29.8 Å². The summed E-state index contributed by atoms with van der Waals surface area (Å²) in [4.78, 5) is 26.0. The summed E-state index contributed by atoms with van der Waals surface area (Å²) >= 11 is 0. The molecular formula is C18H28N3O3+. The van der Waals surface area contributed by atoms with Gasteiger partial charge in [-0.1, -0.05) is 26.0 Å². The quantitative estimate of drug-likeness (QED) is 0.546. The summed E-state index contributed by atoms with van der Waals surface area (Å²) in [6, 6.07) is 6.88. The maximum absolute atomic E-state index is 12.2. The number of carbonyl (C=O) groups excluding carboxylic acids is 2. The van der Waals surface area contributed by atoms with Gasteiger partial charge in [-0.15, -0.1) is 0 Å². The highest BCUT2D eigenvalue weighted by molar-refractivity contribution is 5.93. The van der Waals surface area contributed by atoms with Gasteiger partial charge in [0.15, 0.2) is 0 Å². The van der Waals surface area contributed by atoms with Gasteiger partial charge in [0, 0.05) is 5.69 Å². The van der Waals surface area contributed by atoms with E-state index >= 15 is 0 Å². The fourth-order valence-electron chi connectivity index (χ4n) is 3.09. The molecule has 2 rings (SSSR count). The molecule has 1 fully saturated rings. The van der Waals surface area contributed by atoms with Gasteiger partial charge in [0.25, 0.3) is 0 Å². The molecule has 1 aliphatic heterocycles. The van der Waals surface area contributed by atoms with E-state index in [0.717, 1.165) is 31.1 Å². The van der Waals surface area contributed by atoms with Crippen molar-refractivity contribution in [2.45, 2.75) is 32.2 Å². The molecule has 0 radical (unpaired) electrons. The first-order valence-electron chi connectivity index (χ1n) is 8.63. The number of hydrogen-bond donors (Lipinski definition) is 3. The molecule has 1 saturated heterocycles. The lowest BCUT2D eigenvalue weighted by Crippen LogP contribution is -3.29. The lowest BCUT2D eigenvalue weighted by Gasteiger charge is -2.33. The maximum atomic E-state index is 12.2. The highest BCUT2D eigenvalue weighted by Crippen LogP contribution is 2.17. The van der Waals surface area contributed by atoms with Crippen molar-refractivity contribution in [1.82, 2.24) is 0 Å². The van der Waals surface area contributed by atoms with E-state index in [2.05, 4.69) is 26.2 Å². The number of piperazine rings is 1. The monoisotopic (exact) mass is 334 g/mol. The van der Waals surface area contributed by atoms with Crippen LogP contribution < -0.4 is 20.2 Å². The van der Waals surface area contributed by atoms with Crippen LogP contribution in [0.3, 0.4) is 0 Å². The van der Waals surface area contributed by atoms with Gasteiger partial charge in [0.2, 0.25) is 5.91 Å². The van der Waals surface area contributed by atoms with Crippen LogP contribution in [0.25, 0.3) is 0 Å². The topological polar surface area (TPSA) is 78.1 Å². The van der Waals surface area contributed by atoms with Crippen molar-refractivity contribution < 1.29 is 24.5 Å². The molecule has 0 bridgehead atoms. The van der Waals surface area contributed by atoms with E-state index in [1.165, 1.54) is 10.5 Å². The molecule has 0 spiro atoms. The summed E-state index contributed by atoms with van der Waals surface area (Å²) < 4.78 is 0. The molecule has 1 aliphatic rings. The Bertz CT molecular complexity index is 563. The van der Waals surface area contributed by atoms with Crippen molar-refractivity contribution in [3.8, 4) is 0 Å². The van der Waals surface area contributed by atoms with E-state index in [1.54, 1.807) is 0 Å². The van der Waals surface area contributed by atoms with Gasteiger partial charge in [-0.2, -0.15) is 0 Å². The van der Waals surface area contributed by atoms with Crippen LogP contribution in [0.1, 0.15) is 31.7 Å². The van der Waals surface area contributed by atoms with Crippen LogP contribution in [0.4, 0.5) is 5.69 Å². The summed E-state index contributed by atoms with van der Waals surface area (Å²) in [5, 5.41) is 14.3. The summed E-state index contributed by atoms with van der Waals surface area (Å²) in [7, 11) is 2.10. The number of benzene rings is 1. The average Bonchev–Trinajstić information content (AvgIpc) is 2.54. The number of carbonyl (C=O) groups is 2. The number of carboxylic acids is 1. The molecule has 0 saturated carbocycles. The van der Waals surface area contributed by atoms with Crippen LogP contribution in [-0.4, -0.2) is 51.1 Å². The summed E-state index contributed by atoms with van der Waals surface area (Å²) in [6.45, 7) is 7.55. The fourth-order valence-corrected chi connectivity index (χ4v) is 3.09. The standard InChI is InChI=1S/C18H27N3O3/c1-13(2)14-4-6-15(7-5-14)19-17(22)12-16(18(23)24)21-10-8-20(3)9-11-21/h4-7,13,16H,8-12H2,1-3H3,(H,19,22)(H,23,24)/p+1/t16-/m1/s1. The first-order valence-corrected chi connectivity index (χ1v) is 8.63. The van der Waals surface area contributed by atoms with Crippen molar-refractivity contribution in [2.24, 2.45) is 0 Å². The maximum Gasteiger partial charge on any atom is 0.230 e. The Hall–Kier alpha value is -1.92. The molecule has 3 N–H and O–H groups in total. The number of nitrogens with one attached hydrogen (secondary N) is 3. The Morgan fingerprint density at radius 1 is 1.12 bits per heavy atom. The molecular weight excluding hydrogens is 306 g/mol. The first kappa shape index (κ1) is 18.4. The normalized spacial score (nSPS) is 22.2. The average molecular weight is 334 g/mol. The molecule has 0 aliphatic carbocycles. The van der Waals surface area contributed by atoms with Gasteiger partial charge in [-0.25, -0.2) is 0 Å². The van der Waals surface area contributed by atoms with Gasteiger partial charge in [0.1, 0.15) is 32.2 Å². The largest absolute Gasteiger partial charge is 0.544 e. The van der Waals surface area contributed by atoms with E-state index < -0.39 is 12.0 Å². The number of aliphatic carboxylic acids is 1. The SMILES string of the molecule is CC(C)c1ccc(NC(=O)C[C@H](C(=O)[O-])[NH+]2CC[NH+](C)CC2)cc1. The molecule has 0 aromatic heterocycles. The second kappa shape index (κ2) is 8.26. The van der Waals surface area contributed by atoms with Gasteiger partial charge in [-0.05, 0) is 23.6 Å². The van der Waals surface area contributed by atoms with Gasteiger partial charge >= 0.3 is 0 Å². The minimum Gasteiger partial charge on any atom is -0.544 e.